The van der Waals surface area contributed by atoms with Crippen molar-refractivity contribution in [3.8, 4) is 0 Å². The molecule has 0 N–H and O–H groups in total. The first-order valence-electron chi connectivity index (χ1n) is 7.86. The molecule has 0 aliphatic heterocycles. The van der Waals surface area contributed by atoms with Gasteiger partial charge < -0.3 is 0 Å². The van der Waals surface area contributed by atoms with Crippen LogP contribution >= 0.6 is 0 Å². The molecule has 0 aromatic heterocycles. The Bertz CT molecular complexity index is 435. The Hall–Kier alpha value is -0.780. The van der Waals surface area contributed by atoms with Gasteiger partial charge in [-0.2, -0.15) is 0 Å². The van der Waals surface area contributed by atoms with E-state index in [2.05, 4.69) is 81.4 Å². The summed E-state index contributed by atoms with van der Waals surface area (Å²) in [6, 6.07) is 4.88. The highest BCUT2D eigenvalue weighted by atomic mass is 14.3. The third-order valence-corrected chi connectivity index (χ3v) is 3.82. The average Bonchev–Trinajstić information content (AvgIpc) is 2.14. The largest absolute Gasteiger partial charge is 0.0776 e. The highest BCUT2D eigenvalue weighted by Gasteiger charge is 2.25. The summed E-state index contributed by atoms with van der Waals surface area (Å²) in [4.78, 5) is 0. The molecule has 0 saturated heterocycles. The number of hydrogen-bond acceptors (Lipinski definition) is 0. The van der Waals surface area contributed by atoms with Gasteiger partial charge in [0.1, 0.15) is 0 Å². The van der Waals surface area contributed by atoms with Crippen molar-refractivity contribution in [1.82, 2.24) is 0 Å². The van der Waals surface area contributed by atoms with Gasteiger partial charge in [0.15, 0.2) is 0 Å². The van der Waals surface area contributed by atoms with Crippen LogP contribution in [0.2, 0.25) is 0 Å². The minimum atomic E-state index is 0. The van der Waals surface area contributed by atoms with E-state index < -0.39 is 0 Å². The van der Waals surface area contributed by atoms with Crippen LogP contribution in [-0.2, 0) is 17.3 Å². The second-order valence-electron chi connectivity index (χ2n) is 9.55. The molecule has 0 amide bonds. The molecule has 0 spiro atoms. The fourth-order valence-corrected chi connectivity index (χ4v) is 3.05. The lowest BCUT2D eigenvalue weighted by Crippen LogP contribution is -2.21. The van der Waals surface area contributed by atoms with Crippen LogP contribution in [0.25, 0.3) is 0 Å². The first-order valence-corrected chi connectivity index (χ1v) is 7.86. The normalized spacial score (nSPS) is 13.0. The van der Waals surface area contributed by atoms with E-state index in [0.717, 1.165) is 6.42 Å². The van der Waals surface area contributed by atoms with Gasteiger partial charge in [0.25, 0.3) is 0 Å². The second kappa shape index (κ2) is 6.15. The van der Waals surface area contributed by atoms with E-state index in [1.807, 2.05) is 0 Å². The van der Waals surface area contributed by atoms with Crippen molar-refractivity contribution >= 4 is 0 Å². The summed E-state index contributed by atoms with van der Waals surface area (Å²) < 4.78 is 0. The average molecular weight is 291 g/mol. The molecule has 0 radical (unpaired) electrons. The summed E-state index contributed by atoms with van der Waals surface area (Å²) in [6.45, 7) is 23.2. The molecule has 122 valence electrons. The van der Waals surface area contributed by atoms with E-state index in [-0.39, 0.29) is 18.3 Å². The molecule has 0 nitrogen and oxygen atoms in total. The number of rotatable bonds is 1. The first-order chi connectivity index (χ1) is 8.72. The molecule has 0 unspecified atom stereocenters. The number of benzene rings is 1. The van der Waals surface area contributed by atoms with Crippen LogP contribution in [0.15, 0.2) is 12.1 Å². The smallest absolute Gasteiger partial charge is 0.0129 e. The lowest BCUT2D eigenvalue weighted by Gasteiger charge is -2.31. The fraction of sp³-hybridized carbons (Fsp3) is 0.714. The van der Waals surface area contributed by atoms with Crippen molar-refractivity contribution < 1.29 is 0 Å². The predicted octanol–water partition coefficient (Wildman–Crippen LogP) is 6.81. The zero-order valence-electron chi connectivity index (χ0n) is 15.4. The summed E-state index contributed by atoms with van der Waals surface area (Å²) in [5.41, 5.74) is 6.71. The highest BCUT2D eigenvalue weighted by Crippen LogP contribution is 2.36. The Balaban J connectivity index is 0.00000400. The van der Waals surface area contributed by atoms with E-state index in [0.29, 0.717) is 5.41 Å². The summed E-state index contributed by atoms with van der Waals surface area (Å²) in [5, 5.41) is 0. The molecule has 0 bridgehead atoms. The third kappa shape index (κ3) is 5.49. The maximum Gasteiger partial charge on any atom is -0.0129 e. The zero-order chi connectivity index (χ0) is 15.9. The zero-order valence-corrected chi connectivity index (χ0v) is 15.4. The lowest BCUT2D eigenvalue weighted by molar-refractivity contribution is 0.410. The van der Waals surface area contributed by atoms with Crippen LogP contribution in [0.3, 0.4) is 0 Å². The third-order valence-electron chi connectivity index (χ3n) is 3.82. The quantitative estimate of drug-likeness (QED) is 0.532. The van der Waals surface area contributed by atoms with Crippen LogP contribution < -0.4 is 0 Å². The van der Waals surface area contributed by atoms with Gasteiger partial charge in [-0.25, -0.2) is 0 Å². The SMILES string of the molecule is C.Cc1c(C(C)(C)C)cc(CC(C)(C)C)cc1C(C)(C)C. The van der Waals surface area contributed by atoms with Crippen LogP contribution in [0.5, 0.6) is 0 Å². The van der Waals surface area contributed by atoms with Crippen molar-refractivity contribution in [2.45, 2.75) is 93.9 Å². The minimum absolute atomic E-state index is 0. The van der Waals surface area contributed by atoms with Gasteiger partial charge in [0, 0.05) is 0 Å². The number of hydrogen-bond donors (Lipinski definition) is 0. The van der Waals surface area contributed by atoms with E-state index >= 15 is 0 Å². The van der Waals surface area contributed by atoms with Crippen molar-refractivity contribution in [3.63, 3.8) is 0 Å². The molecule has 0 aliphatic carbocycles. The summed E-state index contributed by atoms with van der Waals surface area (Å²) in [7, 11) is 0. The van der Waals surface area contributed by atoms with Crippen LogP contribution in [-0.4, -0.2) is 0 Å². The van der Waals surface area contributed by atoms with Gasteiger partial charge in [-0.05, 0) is 51.8 Å². The Morgan fingerprint density at radius 1 is 0.714 bits per heavy atom. The molecule has 0 heterocycles. The standard InChI is InChI=1S/C20H34.CH4/c1-14-16(19(5,6)7)11-15(13-18(2,3)4)12-17(14)20(8,9)10;/h11-12H,13H2,1-10H3;1H4. The molecule has 1 aromatic carbocycles. The van der Waals surface area contributed by atoms with Gasteiger partial charge >= 0.3 is 0 Å². The molecular weight excluding hydrogens is 252 g/mol. The highest BCUT2D eigenvalue weighted by molar-refractivity contribution is 5.45. The molecule has 1 rings (SSSR count). The minimum Gasteiger partial charge on any atom is -0.0776 e. The van der Waals surface area contributed by atoms with Gasteiger partial charge in [-0.15, -0.1) is 0 Å². The monoisotopic (exact) mass is 290 g/mol. The molecular formula is C21H38. The Morgan fingerprint density at radius 2 is 1.05 bits per heavy atom. The maximum absolute atomic E-state index is 2.44. The Morgan fingerprint density at radius 3 is 1.29 bits per heavy atom. The van der Waals surface area contributed by atoms with E-state index in [1.54, 1.807) is 0 Å². The van der Waals surface area contributed by atoms with Crippen LogP contribution in [0.1, 0.15) is 92.0 Å². The first kappa shape index (κ1) is 20.2. The van der Waals surface area contributed by atoms with Gasteiger partial charge in [0.05, 0.1) is 0 Å². The van der Waals surface area contributed by atoms with Gasteiger partial charge in [0.2, 0.25) is 0 Å². The summed E-state index contributed by atoms with van der Waals surface area (Å²) >= 11 is 0. The predicted molar refractivity (Wildman–Crippen MR) is 98.5 cm³/mol. The molecule has 1 aromatic rings. The molecule has 0 saturated carbocycles. The maximum atomic E-state index is 2.44. The van der Waals surface area contributed by atoms with Crippen molar-refractivity contribution in [3.05, 3.63) is 34.4 Å². The molecule has 21 heavy (non-hydrogen) atoms. The molecule has 0 aliphatic rings. The van der Waals surface area contributed by atoms with Crippen LogP contribution in [0, 0.1) is 12.3 Å². The Labute approximate surface area is 134 Å². The molecule has 0 atom stereocenters. The summed E-state index contributed by atoms with van der Waals surface area (Å²) in [5.74, 6) is 0. The van der Waals surface area contributed by atoms with Crippen molar-refractivity contribution in [2.75, 3.05) is 0 Å². The fourth-order valence-electron chi connectivity index (χ4n) is 3.05. The van der Waals surface area contributed by atoms with Crippen LogP contribution in [0.4, 0.5) is 0 Å². The van der Waals surface area contributed by atoms with E-state index in [1.165, 1.54) is 22.3 Å². The van der Waals surface area contributed by atoms with E-state index in [9.17, 15) is 0 Å². The Kier molecular flexibility index (Phi) is 5.92. The second-order valence-corrected chi connectivity index (χ2v) is 9.55. The van der Waals surface area contributed by atoms with Crippen molar-refractivity contribution in [2.24, 2.45) is 5.41 Å². The van der Waals surface area contributed by atoms with E-state index in [4.69, 9.17) is 0 Å². The van der Waals surface area contributed by atoms with Gasteiger partial charge in [-0.1, -0.05) is 81.9 Å². The lowest BCUT2D eigenvalue weighted by atomic mass is 9.74. The molecule has 0 fully saturated rings. The summed E-state index contributed by atoms with van der Waals surface area (Å²) in [6.07, 6.45) is 1.14. The van der Waals surface area contributed by atoms with Crippen molar-refractivity contribution in [1.29, 1.82) is 0 Å². The molecule has 0 heteroatoms. The topological polar surface area (TPSA) is 0 Å². The van der Waals surface area contributed by atoms with Gasteiger partial charge in [-0.3, -0.25) is 0 Å².